The maximum atomic E-state index is 12.3. The molecule has 1 aromatic rings. The lowest BCUT2D eigenvalue weighted by atomic mass is 10.0. The Balaban J connectivity index is 1.58. The van der Waals surface area contributed by atoms with Gasteiger partial charge in [-0.2, -0.15) is 0 Å². The minimum atomic E-state index is -0.337. The van der Waals surface area contributed by atoms with Crippen LogP contribution in [0.3, 0.4) is 0 Å². The maximum Gasteiger partial charge on any atom is 0.310 e. The largest absolute Gasteiger partial charge is 0.466 e. The second-order valence-corrected chi connectivity index (χ2v) is 7.43. The molecule has 152 valence electrons. The summed E-state index contributed by atoms with van der Waals surface area (Å²) in [5.74, 6) is -0.688. The van der Waals surface area contributed by atoms with E-state index in [9.17, 15) is 9.59 Å². The number of nitrogens with zero attached hydrogens (tertiary/aromatic N) is 2. The fraction of sp³-hybridized carbons (Fsp3) is 0.571. The third kappa shape index (κ3) is 5.32. The molecule has 1 atom stereocenters. The average molecular weight is 388 g/mol. The Morgan fingerprint density at radius 2 is 2.11 bits per heavy atom. The lowest BCUT2D eigenvalue weighted by Gasteiger charge is -2.30. The summed E-state index contributed by atoms with van der Waals surface area (Å²) in [7, 11) is 0. The Morgan fingerprint density at radius 1 is 1.32 bits per heavy atom. The summed E-state index contributed by atoms with van der Waals surface area (Å²) in [5, 5.41) is 6.22. The topological polar surface area (TPSA) is 73.7 Å². The molecule has 1 fully saturated rings. The van der Waals surface area contributed by atoms with Gasteiger partial charge in [-0.1, -0.05) is 13.0 Å². The lowest BCUT2D eigenvalue weighted by Crippen LogP contribution is -2.43. The number of hydrogen-bond donors (Lipinski definition) is 2. The van der Waals surface area contributed by atoms with Crippen LogP contribution >= 0.6 is 0 Å². The summed E-state index contributed by atoms with van der Waals surface area (Å²) in [4.78, 5) is 26.3. The number of carbonyl (C=O) groups is 2. The van der Waals surface area contributed by atoms with E-state index in [-0.39, 0.29) is 17.8 Å². The third-order valence-electron chi connectivity index (χ3n) is 5.24. The van der Waals surface area contributed by atoms with E-state index in [0.29, 0.717) is 19.7 Å². The average Bonchev–Trinajstić information content (AvgIpc) is 2.72. The predicted octanol–water partition coefficient (Wildman–Crippen LogP) is 0.399. The van der Waals surface area contributed by atoms with Crippen LogP contribution in [0.25, 0.3) is 0 Å². The van der Waals surface area contributed by atoms with Crippen LogP contribution in [0, 0.1) is 5.92 Å². The summed E-state index contributed by atoms with van der Waals surface area (Å²) in [6.45, 7) is 9.37. The SMILES string of the molecule is CCOC(=O)[C@H](C)CNC(=O)C[N+]1=Cc2cc(N3CCNCC3)ccc2CC1. The molecular formula is C21H31N4O3+. The van der Waals surface area contributed by atoms with E-state index in [2.05, 4.69) is 39.9 Å². The number of hydrogen-bond acceptors (Lipinski definition) is 5. The van der Waals surface area contributed by atoms with Crippen molar-refractivity contribution in [2.75, 3.05) is 57.3 Å². The summed E-state index contributed by atoms with van der Waals surface area (Å²) >= 11 is 0. The van der Waals surface area contributed by atoms with Crippen LogP contribution in [0.1, 0.15) is 25.0 Å². The number of amides is 1. The summed E-state index contributed by atoms with van der Waals surface area (Å²) < 4.78 is 7.02. The first-order valence-electron chi connectivity index (χ1n) is 10.2. The zero-order valence-electron chi connectivity index (χ0n) is 16.9. The van der Waals surface area contributed by atoms with E-state index < -0.39 is 0 Å². The number of benzene rings is 1. The minimum Gasteiger partial charge on any atom is -0.466 e. The monoisotopic (exact) mass is 387 g/mol. The van der Waals surface area contributed by atoms with Gasteiger partial charge in [-0.25, -0.2) is 4.58 Å². The maximum absolute atomic E-state index is 12.3. The number of piperazine rings is 1. The first kappa shape index (κ1) is 20.3. The highest BCUT2D eigenvalue weighted by atomic mass is 16.5. The summed E-state index contributed by atoms with van der Waals surface area (Å²) in [6, 6.07) is 6.65. The highest BCUT2D eigenvalue weighted by Crippen LogP contribution is 2.21. The summed E-state index contributed by atoms with van der Waals surface area (Å²) in [5.41, 5.74) is 3.76. The molecule has 7 heteroatoms. The number of fused-ring (bicyclic) bond motifs is 1. The molecule has 0 unspecified atom stereocenters. The van der Waals surface area contributed by atoms with Crippen molar-refractivity contribution in [1.82, 2.24) is 10.6 Å². The zero-order valence-corrected chi connectivity index (χ0v) is 16.9. The quantitative estimate of drug-likeness (QED) is 0.523. The second kappa shape index (κ2) is 9.68. The molecule has 2 N–H and O–H groups in total. The molecule has 0 spiro atoms. The molecular weight excluding hydrogens is 356 g/mol. The molecule has 1 saturated heterocycles. The van der Waals surface area contributed by atoms with E-state index in [1.807, 2.05) is 4.58 Å². The van der Waals surface area contributed by atoms with Crippen LogP contribution in [0.5, 0.6) is 0 Å². The van der Waals surface area contributed by atoms with Gasteiger partial charge in [0.1, 0.15) is 6.54 Å². The van der Waals surface area contributed by atoms with Crippen LogP contribution in [0.4, 0.5) is 5.69 Å². The van der Waals surface area contributed by atoms with E-state index >= 15 is 0 Å². The first-order chi connectivity index (χ1) is 13.6. The van der Waals surface area contributed by atoms with Crippen LogP contribution in [-0.4, -0.2) is 75.1 Å². The normalized spacial score (nSPS) is 17.4. The number of nitrogens with one attached hydrogen (secondary N) is 2. The van der Waals surface area contributed by atoms with Gasteiger partial charge in [0.15, 0.2) is 6.21 Å². The van der Waals surface area contributed by atoms with Crippen molar-refractivity contribution >= 4 is 23.8 Å². The van der Waals surface area contributed by atoms with Crippen LogP contribution in [-0.2, 0) is 20.7 Å². The Labute approximate surface area is 166 Å². The number of anilines is 1. The fourth-order valence-corrected chi connectivity index (χ4v) is 3.58. The molecule has 0 aromatic heterocycles. The molecule has 0 saturated carbocycles. The van der Waals surface area contributed by atoms with Gasteiger partial charge in [0, 0.05) is 50.4 Å². The smallest absolute Gasteiger partial charge is 0.310 e. The van der Waals surface area contributed by atoms with E-state index in [1.54, 1.807) is 13.8 Å². The zero-order chi connectivity index (χ0) is 19.9. The van der Waals surface area contributed by atoms with Crippen LogP contribution < -0.4 is 15.5 Å². The van der Waals surface area contributed by atoms with Crippen LogP contribution in [0.2, 0.25) is 0 Å². The molecule has 3 rings (SSSR count). The molecule has 1 amide bonds. The highest BCUT2D eigenvalue weighted by Gasteiger charge is 2.21. The third-order valence-corrected chi connectivity index (χ3v) is 5.24. The van der Waals surface area contributed by atoms with Gasteiger partial charge >= 0.3 is 5.97 Å². The fourth-order valence-electron chi connectivity index (χ4n) is 3.58. The first-order valence-corrected chi connectivity index (χ1v) is 10.2. The minimum absolute atomic E-state index is 0.0749. The van der Waals surface area contributed by atoms with Gasteiger partial charge in [0.2, 0.25) is 6.54 Å². The number of esters is 1. The van der Waals surface area contributed by atoms with Crippen LogP contribution in [0.15, 0.2) is 18.2 Å². The Bertz CT molecular complexity index is 741. The van der Waals surface area contributed by atoms with Crippen molar-refractivity contribution in [3.05, 3.63) is 29.3 Å². The van der Waals surface area contributed by atoms with Crippen molar-refractivity contribution in [1.29, 1.82) is 0 Å². The standard InChI is InChI=1S/C21H30N4O3/c1-3-28-21(27)16(2)13-23-20(26)15-24-9-6-17-4-5-19(12-18(17)14-24)25-10-7-22-8-11-25/h4-5,12,14,16,22H,3,6-11,13,15H2,1-2H3/p+1/t16-/m1/s1. The van der Waals surface area contributed by atoms with Gasteiger partial charge in [-0.05, 0) is 24.6 Å². The van der Waals surface area contributed by atoms with Crippen molar-refractivity contribution in [2.45, 2.75) is 20.3 Å². The summed E-state index contributed by atoms with van der Waals surface area (Å²) in [6.07, 6.45) is 3.01. The molecule has 1 aromatic carbocycles. The molecule has 0 radical (unpaired) electrons. The van der Waals surface area contributed by atoms with Gasteiger partial charge in [0.05, 0.1) is 12.5 Å². The van der Waals surface area contributed by atoms with Gasteiger partial charge < -0.3 is 20.3 Å². The molecule has 0 bridgehead atoms. The Kier molecular flexibility index (Phi) is 7.03. The van der Waals surface area contributed by atoms with Crippen molar-refractivity contribution in [2.24, 2.45) is 5.92 Å². The Hall–Kier alpha value is -2.41. The van der Waals surface area contributed by atoms with E-state index in [1.165, 1.54) is 16.8 Å². The number of rotatable bonds is 7. The van der Waals surface area contributed by atoms with E-state index in [0.717, 1.165) is 39.1 Å². The molecule has 2 aliphatic rings. The molecule has 7 nitrogen and oxygen atoms in total. The van der Waals surface area contributed by atoms with Gasteiger partial charge in [-0.3, -0.25) is 9.59 Å². The van der Waals surface area contributed by atoms with Gasteiger partial charge in [-0.15, -0.1) is 0 Å². The van der Waals surface area contributed by atoms with Crippen molar-refractivity contribution in [3.63, 3.8) is 0 Å². The second-order valence-electron chi connectivity index (χ2n) is 7.43. The number of carbonyl (C=O) groups excluding carboxylic acids is 2. The van der Waals surface area contributed by atoms with Crippen molar-refractivity contribution in [3.8, 4) is 0 Å². The molecule has 2 heterocycles. The lowest BCUT2D eigenvalue weighted by molar-refractivity contribution is -0.512. The Morgan fingerprint density at radius 3 is 2.86 bits per heavy atom. The van der Waals surface area contributed by atoms with E-state index in [4.69, 9.17) is 4.74 Å². The predicted molar refractivity (Wildman–Crippen MR) is 109 cm³/mol. The molecule has 28 heavy (non-hydrogen) atoms. The molecule has 2 aliphatic heterocycles. The van der Waals surface area contributed by atoms with Crippen molar-refractivity contribution < 1.29 is 18.9 Å². The number of ether oxygens (including phenoxy) is 1. The molecule has 0 aliphatic carbocycles. The van der Waals surface area contributed by atoms with Gasteiger partial charge in [0.25, 0.3) is 5.91 Å². The highest BCUT2D eigenvalue weighted by molar-refractivity contribution is 5.83.